The van der Waals surface area contributed by atoms with E-state index in [1.165, 1.54) is 0 Å². The summed E-state index contributed by atoms with van der Waals surface area (Å²) >= 11 is 3.56. The van der Waals surface area contributed by atoms with Crippen molar-refractivity contribution < 1.29 is 9.53 Å². The van der Waals surface area contributed by atoms with Gasteiger partial charge < -0.3 is 10.1 Å². The largest absolute Gasteiger partial charge is 0.378 e. The maximum absolute atomic E-state index is 12.0. The average molecular weight is 306 g/mol. The van der Waals surface area contributed by atoms with Gasteiger partial charge in [-0.15, -0.1) is 0 Å². The van der Waals surface area contributed by atoms with Gasteiger partial charge in [0.25, 0.3) is 0 Å². The van der Waals surface area contributed by atoms with Gasteiger partial charge in [-0.1, -0.05) is 29.8 Å². The van der Waals surface area contributed by atoms with E-state index in [2.05, 4.69) is 35.1 Å². The van der Waals surface area contributed by atoms with Crippen LogP contribution in [0.5, 0.6) is 0 Å². The third kappa shape index (κ3) is 3.95. The highest BCUT2D eigenvalue weighted by Gasteiger charge is 2.30. The summed E-state index contributed by atoms with van der Waals surface area (Å²) in [5.41, 5.74) is 0.195. The second kappa shape index (κ2) is 6.74. The number of carbonyl (C=O) groups is 1. The highest BCUT2D eigenvalue weighted by atomic mass is 79.9. The zero-order valence-electron chi connectivity index (χ0n) is 11.1. The molecular weight excluding hydrogens is 282 g/mol. The predicted molar refractivity (Wildman–Crippen MR) is 73.3 cm³/mol. The molecule has 2 unspecified atom stereocenters. The summed E-state index contributed by atoms with van der Waals surface area (Å²) in [6, 6.07) is 0. The molecule has 0 aromatic heterocycles. The first-order valence-corrected chi connectivity index (χ1v) is 7.64. The smallest absolute Gasteiger partial charge is 0.225 e. The second-order valence-corrected chi connectivity index (χ2v) is 5.70. The molecule has 1 aliphatic rings. The predicted octanol–water partition coefficient (Wildman–Crippen LogP) is 2.73. The minimum Gasteiger partial charge on any atom is -0.378 e. The van der Waals surface area contributed by atoms with Gasteiger partial charge in [-0.05, 0) is 31.6 Å². The van der Waals surface area contributed by atoms with E-state index in [1.54, 1.807) is 0 Å². The summed E-state index contributed by atoms with van der Waals surface area (Å²) in [4.78, 5) is 12.0. The minimum absolute atomic E-state index is 0.0479. The molecule has 3 nitrogen and oxygen atoms in total. The topological polar surface area (TPSA) is 38.3 Å². The summed E-state index contributed by atoms with van der Waals surface area (Å²) in [6.07, 6.45) is 3.23. The van der Waals surface area contributed by atoms with Gasteiger partial charge in [0, 0.05) is 11.9 Å². The van der Waals surface area contributed by atoms with Crippen molar-refractivity contribution in [2.24, 2.45) is 11.3 Å². The molecule has 4 heteroatoms. The molecule has 1 aliphatic heterocycles. The molecule has 17 heavy (non-hydrogen) atoms. The van der Waals surface area contributed by atoms with Crippen LogP contribution < -0.4 is 5.32 Å². The Balaban J connectivity index is 2.41. The highest BCUT2D eigenvalue weighted by molar-refractivity contribution is 9.09. The van der Waals surface area contributed by atoms with Crippen LogP contribution >= 0.6 is 15.9 Å². The lowest BCUT2D eigenvalue weighted by molar-refractivity contribution is -0.125. The molecule has 0 aromatic carbocycles. The van der Waals surface area contributed by atoms with Crippen molar-refractivity contribution in [3.63, 3.8) is 0 Å². The molecule has 1 saturated heterocycles. The lowest BCUT2D eigenvalue weighted by Crippen LogP contribution is -2.41. The summed E-state index contributed by atoms with van der Waals surface area (Å²) in [7, 11) is 0. The average Bonchev–Trinajstić information content (AvgIpc) is 2.78. The van der Waals surface area contributed by atoms with Crippen molar-refractivity contribution in [1.29, 1.82) is 0 Å². The second-order valence-electron chi connectivity index (χ2n) is 5.14. The molecule has 2 atom stereocenters. The van der Waals surface area contributed by atoms with Crippen LogP contribution in [0.25, 0.3) is 0 Å². The lowest BCUT2D eigenvalue weighted by atomic mass is 9.84. The number of hydrogen-bond acceptors (Lipinski definition) is 2. The van der Waals surface area contributed by atoms with Crippen molar-refractivity contribution in [1.82, 2.24) is 5.32 Å². The fraction of sp³-hybridized carbons (Fsp3) is 0.923. The molecule has 1 heterocycles. The van der Waals surface area contributed by atoms with E-state index < -0.39 is 0 Å². The van der Waals surface area contributed by atoms with E-state index in [0.29, 0.717) is 6.61 Å². The van der Waals surface area contributed by atoms with Gasteiger partial charge in [-0.2, -0.15) is 0 Å². The van der Waals surface area contributed by atoms with Crippen LogP contribution in [0.2, 0.25) is 0 Å². The van der Waals surface area contributed by atoms with Crippen molar-refractivity contribution in [3.8, 4) is 0 Å². The van der Waals surface area contributed by atoms with Crippen LogP contribution in [0, 0.1) is 11.3 Å². The number of alkyl halides is 1. The van der Waals surface area contributed by atoms with Crippen LogP contribution in [-0.4, -0.2) is 30.5 Å². The van der Waals surface area contributed by atoms with E-state index >= 15 is 0 Å². The Morgan fingerprint density at radius 3 is 2.53 bits per heavy atom. The van der Waals surface area contributed by atoms with Gasteiger partial charge in [0.1, 0.15) is 0 Å². The summed E-state index contributed by atoms with van der Waals surface area (Å²) in [5, 5.41) is 4.03. The van der Waals surface area contributed by atoms with E-state index in [0.717, 1.165) is 31.1 Å². The van der Waals surface area contributed by atoms with Crippen molar-refractivity contribution in [2.45, 2.75) is 46.1 Å². The number of amides is 1. The number of carbonyl (C=O) groups excluding carboxylic acids is 1. The zero-order valence-corrected chi connectivity index (χ0v) is 12.7. The standard InChI is InChI=1S/C13H24BrNO2/c1-4-13(5-2,8-14)9-15-12(16)11-6-10(3)17-7-11/h10-11H,4-9H2,1-3H3,(H,15,16). The molecule has 100 valence electrons. The number of rotatable bonds is 6. The van der Waals surface area contributed by atoms with Crippen LogP contribution in [0.3, 0.4) is 0 Å². The molecule has 1 N–H and O–H groups in total. The number of hydrogen-bond donors (Lipinski definition) is 1. The van der Waals surface area contributed by atoms with E-state index in [9.17, 15) is 4.79 Å². The van der Waals surface area contributed by atoms with Crippen molar-refractivity contribution in [2.75, 3.05) is 18.5 Å². The van der Waals surface area contributed by atoms with Gasteiger partial charge in [0.15, 0.2) is 0 Å². The van der Waals surface area contributed by atoms with Crippen molar-refractivity contribution >= 4 is 21.8 Å². The Hall–Kier alpha value is -0.0900. The van der Waals surface area contributed by atoms with E-state index in [-0.39, 0.29) is 23.3 Å². The molecule has 1 fully saturated rings. The number of ether oxygens (including phenoxy) is 1. The fourth-order valence-electron chi connectivity index (χ4n) is 2.16. The van der Waals surface area contributed by atoms with Crippen LogP contribution in [0.1, 0.15) is 40.0 Å². The third-order valence-corrected chi connectivity index (χ3v) is 5.18. The van der Waals surface area contributed by atoms with Gasteiger partial charge in [-0.3, -0.25) is 4.79 Å². The molecule has 0 aromatic rings. The van der Waals surface area contributed by atoms with E-state index in [1.807, 2.05) is 6.92 Å². The Kier molecular flexibility index (Phi) is 5.93. The zero-order chi connectivity index (χ0) is 12.9. The van der Waals surface area contributed by atoms with Gasteiger partial charge in [-0.25, -0.2) is 0 Å². The molecule has 1 rings (SSSR count). The Morgan fingerprint density at radius 2 is 2.12 bits per heavy atom. The quantitative estimate of drug-likeness (QED) is 0.766. The summed E-state index contributed by atoms with van der Waals surface area (Å²) in [5.74, 6) is 0.202. The highest BCUT2D eigenvalue weighted by Crippen LogP contribution is 2.28. The van der Waals surface area contributed by atoms with Gasteiger partial charge in [0.2, 0.25) is 5.91 Å². The van der Waals surface area contributed by atoms with Gasteiger partial charge in [0.05, 0.1) is 18.6 Å². The lowest BCUT2D eigenvalue weighted by Gasteiger charge is -2.30. The molecule has 1 amide bonds. The van der Waals surface area contributed by atoms with E-state index in [4.69, 9.17) is 4.74 Å². The monoisotopic (exact) mass is 305 g/mol. The normalized spacial score (nSPS) is 24.9. The third-order valence-electron chi connectivity index (χ3n) is 3.99. The molecule has 0 radical (unpaired) electrons. The Bertz CT molecular complexity index is 246. The van der Waals surface area contributed by atoms with Crippen molar-refractivity contribution in [3.05, 3.63) is 0 Å². The molecule has 0 aliphatic carbocycles. The summed E-state index contributed by atoms with van der Waals surface area (Å²) < 4.78 is 5.43. The first-order chi connectivity index (χ1) is 8.06. The number of halogens is 1. The molecule has 0 bridgehead atoms. The molecule has 0 saturated carbocycles. The van der Waals surface area contributed by atoms with Crippen LogP contribution in [0.15, 0.2) is 0 Å². The van der Waals surface area contributed by atoms with Crippen LogP contribution in [-0.2, 0) is 9.53 Å². The molecule has 0 spiro atoms. The maximum Gasteiger partial charge on any atom is 0.225 e. The van der Waals surface area contributed by atoms with Crippen LogP contribution in [0.4, 0.5) is 0 Å². The fourth-order valence-corrected chi connectivity index (χ4v) is 3.15. The Morgan fingerprint density at radius 1 is 1.47 bits per heavy atom. The minimum atomic E-state index is 0.0479. The molecular formula is C13H24BrNO2. The van der Waals surface area contributed by atoms with Gasteiger partial charge >= 0.3 is 0 Å². The number of nitrogens with one attached hydrogen (secondary N) is 1. The first kappa shape index (κ1) is 15.0. The summed E-state index contributed by atoms with van der Waals surface area (Å²) in [6.45, 7) is 7.71. The SMILES string of the molecule is CCC(CC)(CBr)CNC(=O)C1COC(C)C1. The maximum atomic E-state index is 12.0. The first-order valence-electron chi connectivity index (χ1n) is 6.52. The Labute approximate surface area is 113 Å².